The van der Waals surface area contributed by atoms with E-state index in [1.165, 1.54) is 11.3 Å². The summed E-state index contributed by atoms with van der Waals surface area (Å²) in [6, 6.07) is 11.8. The maximum atomic E-state index is 12.2. The fourth-order valence-corrected chi connectivity index (χ4v) is 4.12. The fraction of sp³-hybridized carbons (Fsp3) is 0.111. The Kier molecular flexibility index (Phi) is 4.49. The Balaban J connectivity index is 1.37. The fourth-order valence-electron chi connectivity index (χ4n) is 2.41. The third kappa shape index (κ3) is 3.72. The second-order valence-corrected chi connectivity index (χ2v) is 7.39. The molecule has 0 bridgehead atoms. The number of nitrogens with one attached hydrogen (secondary N) is 1. The minimum absolute atomic E-state index is 0.0534. The number of carbonyl (C=O) groups excluding carboxylic acids is 1. The van der Waals surface area contributed by atoms with Gasteiger partial charge < -0.3 is 5.32 Å². The van der Waals surface area contributed by atoms with Crippen molar-refractivity contribution < 1.29 is 4.79 Å². The first kappa shape index (κ1) is 15.9. The number of para-hydroxylation sites is 1. The number of amides is 1. The number of aromatic nitrogens is 3. The van der Waals surface area contributed by atoms with E-state index < -0.39 is 0 Å². The van der Waals surface area contributed by atoms with Crippen LogP contribution in [0.1, 0.15) is 10.7 Å². The highest BCUT2D eigenvalue weighted by atomic mass is 32.1. The van der Waals surface area contributed by atoms with Crippen molar-refractivity contribution in [2.24, 2.45) is 0 Å². The zero-order valence-electron chi connectivity index (χ0n) is 13.2. The summed E-state index contributed by atoms with van der Waals surface area (Å²) in [7, 11) is 0. The average molecular weight is 366 g/mol. The second-order valence-electron chi connectivity index (χ2n) is 5.41. The minimum atomic E-state index is -0.0534. The standard InChI is InChI=1S/C18H14N4OS2/c23-16(20-10-17-22-14-5-1-2-6-15(14)25-17)8-13-11-24-18(21-13)12-4-3-7-19-9-12/h1-7,9,11H,8,10H2,(H,20,23). The van der Waals surface area contributed by atoms with Gasteiger partial charge in [0.05, 0.1) is 28.9 Å². The number of rotatable bonds is 5. The number of pyridine rings is 1. The first-order chi connectivity index (χ1) is 12.3. The molecule has 0 aliphatic rings. The zero-order chi connectivity index (χ0) is 17.1. The first-order valence-electron chi connectivity index (χ1n) is 7.74. The van der Waals surface area contributed by atoms with E-state index in [0.29, 0.717) is 6.54 Å². The number of carbonyl (C=O) groups is 1. The van der Waals surface area contributed by atoms with Gasteiger partial charge in [0, 0.05) is 23.3 Å². The molecule has 1 amide bonds. The van der Waals surface area contributed by atoms with Gasteiger partial charge in [0.2, 0.25) is 5.91 Å². The van der Waals surface area contributed by atoms with Gasteiger partial charge in [-0.1, -0.05) is 12.1 Å². The SMILES string of the molecule is O=C(Cc1csc(-c2cccnc2)n1)NCc1nc2ccccc2s1. The number of benzene rings is 1. The van der Waals surface area contributed by atoms with Gasteiger partial charge in [0.25, 0.3) is 0 Å². The zero-order valence-corrected chi connectivity index (χ0v) is 14.8. The van der Waals surface area contributed by atoms with Crippen LogP contribution in [-0.4, -0.2) is 20.9 Å². The van der Waals surface area contributed by atoms with Crippen molar-refractivity contribution in [1.82, 2.24) is 20.3 Å². The molecule has 0 radical (unpaired) electrons. The summed E-state index contributed by atoms with van der Waals surface area (Å²) >= 11 is 3.12. The molecule has 0 unspecified atom stereocenters. The van der Waals surface area contributed by atoms with Crippen LogP contribution in [0, 0.1) is 0 Å². The van der Waals surface area contributed by atoms with Gasteiger partial charge >= 0.3 is 0 Å². The van der Waals surface area contributed by atoms with Crippen LogP contribution in [0.3, 0.4) is 0 Å². The summed E-state index contributed by atoms with van der Waals surface area (Å²) in [5.41, 5.74) is 2.71. The van der Waals surface area contributed by atoms with Gasteiger partial charge in [-0.2, -0.15) is 0 Å². The van der Waals surface area contributed by atoms with E-state index in [-0.39, 0.29) is 12.3 Å². The van der Waals surface area contributed by atoms with Crippen LogP contribution >= 0.6 is 22.7 Å². The smallest absolute Gasteiger partial charge is 0.226 e. The molecule has 124 valence electrons. The van der Waals surface area contributed by atoms with E-state index in [1.807, 2.05) is 41.8 Å². The van der Waals surface area contributed by atoms with Crippen molar-refractivity contribution in [3.63, 3.8) is 0 Å². The van der Waals surface area contributed by atoms with Crippen LogP contribution in [0.2, 0.25) is 0 Å². The molecule has 25 heavy (non-hydrogen) atoms. The second kappa shape index (κ2) is 7.08. The van der Waals surface area contributed by atoms with Crippen molar-refractivity contribution in [3.8, 4) is 10.6 Å². The Hall–Kier alpha value is -2.64. The molecular weight excluding hydrogens is 352 g/mol. The summed E-state index contributed by atoms with van der Waals surface area (Å²) in [5, 5.41) is 6.62. The quantitative estimate of drug-likeness (QED) is 0.585. The predicted molar refractivity (Wildman–Crippen MR) is 101 cm³/mol. The summed E-state index contributed by atoms with van der Waals surface area (Å²) in [6.07, 6.45) is 3.77. The van der Waals surface area contributed by atoms with Crippen LogP contribution in [0.25, 0.3) is 20.8 Å². The summed E-state index contributed by atoms with van der Waals surface area (Å²) < 4.78 is 1.13. The molecule has 4 rings (SSSR count). The van der Waals surface area contributed by atoms with E-state index in [9.17, 15) is 4.79 Å². The summed E-state index contributed by atoms with van der Waals surface area (Å²) in [5.74, 6) is -0.0534. The molecule has 0 saturated heterocycles. The Morgan fingerprint density at radius 2 is 2.04 bits per heavy atom. The molecule has 0 aliphatic carbocycles. The van der Waals surface area contributed by atoms with Crippen LogP contribution in [-0.2, 0) is 17.8 Å². The molecule has 0 fully saturated rings. The average Bonchev–Trinajstić information content (AvgIpc) is 3.27. The lowest BCUT2D eigenvalue weighted by atomic mass is 10.3. The van der Waals surface area contributed by atoms with Crippen molar-refractivity contribution >= 4 is 38.8 Å². The normalized spacial score (nSPS) is 10.9. The Bertz CT molecular complexity index is 977. The molecule has 3 heterocycles. The molecular formula is C18H14N4OS2. The maximum Gasteiger partial charge on any atom is 0.226 e. The predicted octanol–water partition coefficient (Wildman–Crippen LogP) is 3.67. The van der Waals surface area contributed by atoms with Gasteiger partial charge in [0.1, 0.15) is 10.0 Å². The Morgan fingerprint density at radius 1 is 1.12 bits per heavy atom. The van der Waals surface area contributed by atoms with Gasteiger partial charge in [-0.05, 0) is 24.3 Å². The van der Waals surface area contributed by atoms with Crippen LogP contribution in [0.5, 0.6) is 0 Å². The summed E-state index contributed by atoms with van der Waals surface area (Å²) in [4.78, 5) is 25.3. The molecule has 0 atom stereocenters. The van der Waals surface area contributed by atoms with Crippen LogP contribution < -0.4 is 5.32 Å². The molecule has 1 N–H and O–H groups in total. The molecule has 5 nitrogen and oxygen atoms in total. The third-order valence-electron chi connectivity index (χ3n) is 3.58. The molecule has 4 aromatic rings. The topological polar surface area (TPSA) is 67.8 Å². The lowest BCUT2D eigenvalue weighted by Gasteiger charge is -2.01. The van der Waals surface area contributed by atoms with E-state index in [1.54, 1.807) is 23.7 Å². The van der Waals surface area contributed by atoms with Gasteiger partial charge in [0.15, 0.2) is 0 Å². The molecule has 1 aromatic carbocycles. The van der Waals surface area contributed by atoms with Crippen molar-refractivity contribution in [2.75, 3.05) is 0 Å². The van der Waals surface area contributed by atoms with Crippen molar-refractivity contribution in [1.29, 1.82) is 0 Å². The van der Waals surface area contributed by atoms with Gasteiger partial charge in [-0.3, -0.25) is 9.78 Å². The highest BCUT2D eigenvalue weighted by Gasteiger charge is 2.10. The Labute approximate surface area is 152 Å². The van der Waals surface area contributed by atoms with Crippen molar-refractivity contribution in [2.45, 2.75) is 13.0 Å². The molecule has 0 spiro atoms. The maximum absolute atomic E-state index is 12.2. The number of hydrogen-bond acceptors (Lipinski definition) is 6. The van der Waals surface area contributed by atoms with E-state index in [4.69, 9.17) is 0 Å². The van der Waals surface area contributed by atoms with Gasteiger partial charge in [-0.25, -0.2) is 9.97 Å². The highest BCUT2D eigenvalue weighted by Crippen LogP contribution is 2.23. The van der Waals surface area contributed by atoms with Crippen molar-refractivity contribution in [3.05, 3.63) is 64.9 Å². The van der Waals surface area contributed by atoms with Gasteiger partial charge in [-0.15, -0.1) is 22.7 Å². The number of thiazole rings is 2. The number of hydrogen-bond donors (Lipinski definition) is 1. The molecule has 7 heteroatoms. The van der Waals surface area contributed by atoms with Crippen LogP contribution in [0.4, 0.5) is 0 Å². The number of nitrogens with zero attached hydrogens (tertiary/aromatic N) is 3. The lowest BCUT2D eigenvalue weighted by molar-refractivity contribution is -0.120. The van der Waals surface area contributed by atoms with E-state index in [0.717, 1.165) is 31.5 Å². The third-order valence-corrected chi connectivity index (χ3v) is 5.55. The molecule has 3 aromatic heterocycles. The molecule has 0 saturated carbocycles. The van der Waals surface area contributed by atoms with E-state index >= 15 is 0 Å². The highest BCUT2D eigenvalue weighted by molar-refractivity contribution is 7.18. The molecule has 0 aliphatic heterocycles. The number of fused-ring (bicyclic) bond motifs is 1. The minimum Gasteiger partial charge on any atom is -0.349 e. The van der Waals surface area contributed by atoms with E-state index in [2.05, 4.69) is 20.3 Å². The van der Waals surface area contributed by atoms with Crippen LogP contribution in [0.15, 0.2) is 54.2 Å². The monoisotopic (exact) mass is 366 g/mol. The summed E-state index contributed by atoms with van der Waals surface area (Å²) in [6.45, 7) is 0.442. The Morgan fingerprint density at radius 3 is 2.88 bits per heavy atom. The largest absolute Gasteiger partial charge is 0.349 e. The first-order valence-corrected chi connectivity index (χ1v) is 9.43. The lowest BCUT2D eigenvalue weighted by Crippen LogP contribution is -2.24.